The van der Waals surface area contributed by atoms with Gasteiger partial charge in [0.2, 0.25) is 0 Å². The van der Waals surface area contributed by atoms with Crippen molar-refractivity contribution in [2.45, 2.75) is 39.2 Å². The molecule has 3 atom stereocenters. The van der Waals surface area contributed by atoms with Crippen molar-refractivity contribution in [1.82, 2.24) is 0 Å². The summed E-state index contributed by atoms with van der Waals surface area (Å²) >= 11 is 0. The van der Waals surface area contributed by atoms with Gasteiger partial charge in [0.25, 0.3) is 0 Å². The summed E-state index contributed by atoms with van der Waals surface area (Å²) in [5, 5.41) is 10.0. The van der Waals surface area contributed by atoms with E-state index < -0.39 is 11.5 Å². The zero-order valence-electron chi connectivity index (χ0n) is 9.04. The maximum atomic E-state index is 11.8. The fourth-order valence-corrected chi connectivity index (χ4v) is 3.61. The second kappa shape index (κ2) is 2.72. The third kappa shape index (κ3) is 0.842. The maximum absolute atomic E-state index is 11.8. The first-order chi connectivity index (χ1) is 6.46. The average Bonchev–Trinajstić information content (AvgIpc) is 2.49. The molecule has 1 N–H and O–H groups in total. The molecule has 2 aliphatic carbocycles. The van der Waals surface area contributed by atoms with Crippen molar-refractivity contribution in [2.75, 3.05) is 7.11 Å². The summed E-state index contributed by atoms with van der Waals surface area (Å²) in [5.74, 6) is 0.242. The van der Waals surface area contributed by atoms with Crippen LogP contribution in [0.1, 0.15) is 33.1 Å². The lowest BCUT2D eigenvalue weighted by molar-refractivity contribution is -0.165. The minimum Gasteiger partial charge on any atom is -0.469 e. The van der Waals surface area contributed by atoms with E-state index in [0.29, 0.717) is 5.92 Å². The SMILES string of the molecule is COC(=O)C12CCC(CC1O)C2(C)C. The molecule has 0 spiro atoms. The van der Waals surface area contributed by atoms with Gasteiger partial charge in [-0.15, -0.1) is 0 Å². The third-order valence-electron chi connectivity index (χ3n) is 4.68. The van der Waals surface area contributed by atoms with Crippen LogP contribution in [-0.2, 0) is 9.53 Å². The van der Waals surface area contributed by atoms with Crippen LogP contribution in [0.5, 0.6) is 0 Å². The van der Waals surface area contributed by atoms with Crippen LogP contribution in [-0.4, -0.2) is 24.3 Å². The summed E-state index contributed by atoms with van der Waals surface area (Å²) in [6, 6.07) is 0. The van der Waals surface area contributed by atoms with E-state index in [2.05, 4.69) is 13.8 Å². The molecule has 3 heteroatoms. The quantitative estimate of drug-likeness (QED) is 0.647. The number of rotatable bonds is 1. The first-order valence-corrected chi connectivity index (χ1v) is 5.23. The molecule has 0 saturated heterocycles. The molecule has 0 aliphatic heterocycles. The highest BCUT2D eigenvalue weighted by atomic mass is 16.5. The van der Waals surface area contributed by atoms with Gasteiger partial charge in [-0.1, -0.05) is 13.8 Å². The van der Waals surface area contributed by atoms with E-state index in [1.165, 1.54) is 7.11 Å². The Morgan fingerprint density at radius 1 is 1.50 bits per heavy atom. The zero-order chi connectivity index (χ0) is 10.6. The molecule has 2 fully saturated rings. The Labute approximate surface area is 84.4 Å². The maximum Gasteiger partial charge on any atom is 0.314 e. The highest BCUT2D eigenvalue weighted by molar-refractivity contribution is 5.80. The zero-order valence-corrected chi connectivity index (χ0v) is 9.04. The van der Waals surface area contributed by atoms with Crippen molar-refractivity contribution in [3.8, 4) is 0 Å². The summed E-state index contributed by atoms with van der Waals surface area (Å²) in [7, 11) is 1.41. The molecular weight excluding hydrogens is 180 g/mol. The number of methoxy groups -OCH3 is 1. The molecule has 2 rings (SSSR count). The Balaban J connectivity index is 2.44. The van der Waals surface area contributed by atoms with Gasteiger partial charge in [0.05, 0.1) is 18.6 Å². The van der Waals surface area contributed by atoms with Crippen LogP contribution >= 0.6 is 0 Å². The third-order valence-corrected chi connectivity index (χ3v) is 4.68. The van der Waals surface area contributed by atoms with E-state index in [0.717, 1.165) is 19.3 Å². The molecular formula is C11H18O3. The first-order valence-electron chi connectivity index (χ1n) is 5.23. The summed E-state index contributed by atoms with van der Waals surface area (Å²) < 4.78 is 4.86. The molecule has 2 bridgehead atoms. The number of hydrogen-bond donors (Lipinski definition) is 1. The molecule has 0 heterocycles. The van der Waals surface area contributed by atoms with E-state index in [4.69, 9.17) is 4.74 Å². The van der Waals surface area contributed by atoms with E-state index in [1.807, 2.05) is 0 Å². The molecule has 0 radical (unpaired) electrons. The van der Waals surface area contributed by atoms with E-state index in [9.17, 15) is 9.90 Å². The van der Waals surface area contributed by atoms with Gasteiger partial charge in [-0.3, -0.25) is 4.79 Å². The normalized spacial score (nSPS) is 44.0. The first kappa shape index (κ1) is 9.97. The highest BCUT2D eigenvalue weighted by Crippen LogP contribution is 2.66. The monoisotopic (exact) mass is 198 g/mol. The molecule has 0 amide bonds. The van der Waals surface area contributed by atoms with Gasteiger partial charge in [0.15, 0.2) is 0 Å². The van der Waals surface area contributed by atoms with E-state index >= 15 is 0 Å². The van der Waals surface area contributed by atoms with Crippen LogP contribution in [0.4, 0.5) is 0 Å². The van der Waals surface area contributed by atoms with Gasteiger partial charge in [0.1, 0.15) is 0 Å². The fourth-order valence-electron chi connectivity index (χ4n) is 3.61. The minimum atomic E-state index is -0.633. The van der Waals surface area contributed by atoms with E-state index in [1.54, 1.807) is 0 Å². The highest BCUT2D eigenvalue weighted by Gasteiger charge is 2.68. The summed E-state index contributed by atoms with van der Waals surface area (Å²) in [5.41, 5.74) is -0.744. The van der Waals surface area contributed by atoms with Crippen LogP contribution in [0.2, 0.25) is 0 Å². The second-order valence-corrected chi connectivity index (χ2v) is 5.17. The summed E-state index contributed by atoms with van der Waals surface area (Å²) in [6.45, 7) is 4.16. The number of carbonyl (C=O) groups excluding carboxylic acids is 1. The number of esters is 1. The minimum absolute atomic E-state index is 0.112. The number of carbonyl (C=O) groups is 1. The topological polar surface area (TPSA) is 46.5 Å². The van der Waals surface area contributed by atoms with Crippen molar-refractivity contribution >= 4 is 5.97 Å². The van der Waals surface area contributed by atoms with Crippen molar-refractivity contribution in [3.63, 3.8) is 0 Å². The Morgan fingerprint density at radius 2 is 2.14 bits per heavy atom. The van der Waals surface area contributed by atoms with E-state index in [-0.39, 0.29) is 11.4 Å². The molecule has 0 aromatic heterocycles. The van der Waals surface area contributed by atoms with Gasteiger partial charge in [-0.25, -0.2) is 0 Å². The number of aliphatic hydroxyl groups is 1. The predicted octanol–water partition coefficient (Wildman–Crippen LogP) is 1.35. The van der Waals surface area contributed by atoms with Gasteiger partial charge in [0, 0.05) is 0 Å². The Kier molecular flexibility index (Phi) is 1.94. The van der Waals surface area contributed by atoms with Crippen LogP contribution in [0, 0.1) is 16.7 Å². The average molecular weight is 198 g/mol. The number of fused-ring (bicyclic) bond motifs is 2. The smallest absolute Gasteiger partial charge is 0.314 e. The number of aliphatic hydroxyl groups excluding tert-OH is 1. The molecule has 80 valence electrons. The lowest BCUT2D eigenvalue weighted by Crippen LogP contribution is -2.46. The Hall–Kier alpha value is -0.570. The fraction of sp³-hybridized carbons (Fsp3) is 0.909. The van der Waals surface area contributed by atoms with Gasteiger partial charge in [-0.2, -0.15) is 0 Å². The Bertz CT molecular complexity index is 272. The number of hydrogen-bond acceptors (Lipinski definition) is 3. The Morgan fingerprint density at radius 3 is 2.50 bits per heavy atom. The molecule has 3 nitrogen and oxygen atoms in total. The van der Waals surface area contributed by atoms with Crippen molar-refractivity contribution < 1.29 is 14.6 Å². The van der Waals surface area contributed by atoms with Gasteiger partial charge >= 0.3 is 5.97 Å². The molecule has 2 saturated carbocycles. The lowest BCUT2D eigenvalue weighted by Gasteiger charge is -2.37. The van der Waals surface area contributed by atoms with Crippen LogP contribution < -0.4 is 0 Å². The largest absolute Gasteiger partial charge is 0.469 e. The second-order valence-electron chi connectivity index (χ2n) is 5.17. The van der Waals surface area contributed by atoms with Crippen molar-refractivity contribution in [1.29, 1.82) is 0 Å². The molecule has 14 heavy (non-hydrogen) atoms. The molecule has 0 aromatic rings. The summed E-state index contributed by atoms with van der Waals surface area (Å²) in [6.07, 6.45) is 2.06. The predicted molar refractivity (Wildman–Crippen MR) is 51.6 cm³/mol. The summed E-state index contributed by atoms with van der Waals surface area (Å²) in [4.78, 5) is 11.8. The van der Waals surface area contributed by atoms with Crippen molar-refractivity contribution in [3.05, 3.63) is 0 Å². The number of ether oxygens (including phenoxy) is 1. The van der Waals surface area contributed by atoms with Gasteiger partial charge < -0.3 is 9.84 Å². The van der Waals surface area contributed by atoms with Gasteiger partial charge in [-0.05, 0) is 30.6 Å². The molecule has 2 aliphatic rings. The van der Waals surface area contributed by atoms with Crippen LogP contribution in [0.25, 0.3) is 0 Å². The standard InChI is InChI=1S/C11H18O3/c1-10(2)7-4-5-11(10,8(12)6-7)9(13)14-3/h7-8,12H,4-6H2,1-3H3. The molecule has 3 unspecified atom stereocenters. The van der Waals surface area contributed by atoms with Crippen LogP contribution in [0.15, 0.2) is 0 Å². The van der Waals surface area contributed by atoms with Crippen molar-refractivity contribution in [2.24, 2.45) is 16.7 Å². The van der Waals surface area contributed by atoms with Crippen LogP contribution in [0.3, 0.4) is 0 Å². The lowest BCUT2D eigenvalue weighted by atomic mass is 9.68. The molecule has 0 aromatic carbocycles.